The molecule has 15 heteroatoms. The Balaban J connectivity index is 0.000000362. The third kappa shape index (κ3) is 9.84. The van der Waals surface area contributed by atoms with Gasteiger partial charge in [-0.1, -0.05) is 0 Å². The molecule has 0 aliphatic carbocycles. The molecule has 1 aromatic heterocycles. The minimum absolute atomic E-state index is 0.125. The number of nitrogens with one attached hydrogen (secondary N) is 1. The van der Waals surface area contributed by atoms with E-state index in [0.29, 0.717) is 12.0 Å². The molecule has 2 fully saturated rings. The number of nitrogens with zero attached hydrogens (tertiary/aromatic N) is 3. The first-order valence-corrected chi connectivity index (χ1v) is 10.5. The van der Waals surface area contributed by atoms with Crippen LogP contribution in [0.4, 0.5) is 32.3 Å². The molecule has 2 aliphatic rings. The summed E-state index contributed by atoms with van der Waals surface area (Å²) >= 11 is 0. The Morgan fingerprint density at radius 2 is 1.57 bits per heavy atom. The number of hydrogen-bond acceptors (Lipinski definition) is 7. The Kier molecular flexibility index (Phi) is 10.7. The summed E-state index contributed by atoms with van der Waals surface area (Å²) in [5.41, 5.74) is 1.21. The molecule has 1 spiro atoms. The number of carbonyl (C=O) groups is 2. The number of carboxylic acid groups (broad SMARTS) is 2. The van der Waals surface area contributed by atoms with Gasteiger partial charge in [-0.25, -0.2) is 19.6 Å². The van der Waals surface area contributed by atoms with Crippen molar-refractivity contribution in [2.24, 2.45) is 5.92 Å². The number of carboxylic acids is 2. The van der Waals surface area contributed by atoms with Crippen LogP contribution in [0.15, 0.2) is 12.4 Å². The van der Waals surface area contributed by atoms with Crippen molar-refractivity contribution < 1.29 is 50.9 Å². The van der Waals surface area contributed by atoms with E-state index in [4.69, 9.17) is 24.5 Å². The van der Waals surface area contributed by atoms with E-state index in [1.807, 2.05) is 19.3 Å². The molecular formula is C20H28F6N4O5. The number of aliphatic carboxylic acids is 2. The summed E-state index contributed by atoms with van der Waals surface area (Å²) in [6, 6.07) is 0.625. The largest absolute Gasteiger partial charge is 0.490 e. The summed E-state index contributed by atoms with van der Waals surface area (Å²) in [4.78, 5) is 28.9. The number of likely N-dealkylation sites (tertiary alicyclic amines) is 1. The molecule has 0 aromatic carbocycles. The summed E-state index contributed by atoms with van der Waals surface area (Å²) in [7, 11) is 0. The van der Waals surface area contributed by atoms with Gasteiger partial charge < -0.3 is 20.3 Å². The van der Waals surface area contributed by atoms with Gasteiger partial charge in [0.05, 0.1) is 5.60 Å². The molecule has 3 rings (SSSR count). The van der Waals surface area contributed by atoms with Gasteiger partial charge in [0.25, 0.3) is 0 Å². The highest BCUT2D eigenvalue weighted by molar-refractivity contribution is 5.73. The van der Waals surface area contributed by atoms with E-state index in [9.17, 15) is 26.3 Å². The maximum Gasteiger partial charge on any atom is 0.490 e. The van der Waals surface area contributed by atoms with Gasteiger partial charge in [-0.2, -0.15) is 26.3 Å². The second-order valence-corrected chi connectivity index (χ2v) is 8.30. The van der Waals surface area contributed by atoms with Gasteiger partial charge in [0.1, 0.15) is 0 Å². The van der Waals surface area contributed by atoms with Gasteiger partial charge >= 0.3 is 24.3 Å². The fraction of sp³-hybridized carbons (Fsp3) is 0.700. The van der Waals surface area contributed by atoms with E-state index < -0.39 is 24.3 Å². The van der Waals surface area contributed by atoms with Crippen molar-refractivity contribution in [3.63, 3.8) is 0 Å². The Bertz CT molecular complexity index is 803. The lowest BCUT2D eigenvalue weighted by atomic mass is 9.78. The lowest BCUT2D eigenvalue weighted by Gasteiger charge is -2.52. The second-order valence-electron chi connectivity index (χ2n) is 8.30. The van der Waals surface area contributed by atoms with E-state index in [1.165, 1.54) is 6.42 Å². The number of anilines is 1. The van der Waals surface area contributed by atoms with Gasteiger partial charge in [-0.3, -0.25) is 4.90 Å². The summed E-state index contributed by atoms with van der Waals surface area (Å²) in [6.45, 7) is 10.5. The van der Waals surface area contributed by atoms with Crippen LogP contribution in [0.3, 0.4) is 0 Å². The zero-order valence-electron chi connectivity index (χ0n) is 19.3. The number of halogens is 6. The molecule has 2 saturated heterocycles. The molecule has 0 bridgehead atoms. The molecule has 9 nitrogen and oxygen atoms in total. The number of alkyl halides is 6. The maximum atomic E-state index is 10.6. The van der Waals surface area contributed by atoms with Gasteiger partial charge in [0.15, 0.2) is 0 Å². The van der Waals surface area contributed by atoms with Crippen molar-refractivity contribution in [1.29, 1.82) is 0 Å². The topological polar surface area (TPSA) is 125 Å². The average molecular weight is 518 g/mol. The zero-order chi connectivity index (χ0) is 27.0. The van der Waals surface area contributed by atoms with Gasteiger partial charge in [0, 0.05) is 44.7 Å². The second kappa shape index (κ2) is 12.3. The maximum absolute atomic E-state index is 10.6. The SMILES string of the molecule is Cc1cnc(NCCC2CCOC23CN(C(C)C)C3)nc1.O=C(O)C(F)(F)F.O=C(O)C(F)(F)F. The molecule has 0 radical (unpaired) electrons. The lowest BCUT2D eigenvalue weighted by Crippen LogP contribution is -2.66. The smallest absolute Gasteiger partial charge is 0.475 e. The molecule has 1 unspecified atom stereocenters. The van der Waals surface area contributed by atoms with E-state index in [0.717, 1.165) is 44.2 Å². The van der Waals surface area contributed by atoms with Crippen molar-refractivity contribution in [2.75, 3.05) is 31.6 Å². The van der Waals surface area contributed by atoms with Crippen molar-refractivity contribution in [3.8, 4) is 0 Å². The molecule has 1 atom stereocenters. The molecule has 0 amide bonds. The van der Waals surface area contributed by atoms with Gasteiger partial charge in [0.2, 0.25) is 5.95 Å². The van der Waals surface area contributed by atoms with Crippen LogP contribution in [0.1, 0.15) is 32.3 Å². The standard InChI is InChI=1S/C16H26N4O.2C2HF3O2/c1-12(2)20-10-16(11-20)14(5-7-21-16)4-6-17-15-18-8-13(3)9-19-15;2*3-2(4,5)1(6)7/h8-9,12,14H,4-7,10-11H2,1-3H3,(H,17,18,19);2*(H,6,7). The number of rotatable bonds is 5. The predicted octanol–water partition coefficient (Wildman–Crippen LogP) is 3.35. The third-order valence-corrected chi connectivity index (χ3v) is 5.31. The summed E-state index contributed by atoms with van der Waals surface area (Å²) < 4.78 is 69.6. The van der Waals surface area contributed by atoms with Crippen LogP contribution >= 0.6 is 0 Å². The normalized spacial score (nSPS) is 19.2. The van der Waals surface area contributed by atoms with Crippen molar-refractivity contribution in [1.82, 2.24) is 14.9 Å². The average Bonchev–Trinajstić information content (AvgIpc) is 3.12. The van der Waals surface area contributed by atoms with E-state index >= 15 is 0 Å². The van der Waals surface area contributed by atoms with Crippen LogP contribution in [0, 0.1) is 12.8 Å². The molecule has 0 saturated carbocycles. The summed E-state index contributed by atoms with van der Waals surface area (Å²) in [6.07, 6.45) is -4.16. The minimum atomic E-state index is -5.08. The van der Waals surface area contributed by atoms with Gasteiger partial charge in [-0.15, -0.1) is 0 Å². The molecule has 3 heterocycles. The predicted molar refractivity (Wildman–Crippen MR) is 111 cm³/mol. The van der Waals surface area contributed by atoms with Crippen molar-refractivity contribution in [2.45, 2.75) is 57.6 Å². The first-order valence-electron chi connectivity index (χ1n) is 10.5. The lowest BCUT2D eigenvalue weighted by molar-refractivity contribution is -0.193. The number of hydrogen-bond donors (Lipinski definition) is 3. The van der Waals surface area contributed by atoms with Crippen LogP contribution in [-0.4, -0.2) is 87.3 Å². The van der Waals surface area contributed by atoms with Crippen LogP contribution < -0.4 is 5.32 Å². The zero-order valence-corrected chi connectivity index (χ0v) is 19.3. The fourth-order valence-corrected chi connectivity index (χ4v) is 3.39. The summed E-state index contributed by atoms with van der Waals surface area (Å²) in [5, 5.41) is 17.6. The first-order chi connectivity index (χ1) is 16.0. The molecule has 35 heavy (non-hydrogen) atoms. The van der Waals surface area contributed by atoms with Crippen molar-refractivity contribution >= 4 is 17.9 Å². The van der Waals surface area contributed by atoms with Crippen LogP contribution in [-0.2, 0) is 14.3 Å². The highest BCUT2D eigenvalue weighted by atomic mass is 19.4. The number of aromatic nitrogens is 2. The van der Waals surface area contributed by atoms with Crippen LogP contribution in [0.5, 0.6) is 0 Å². The molecule has 2 aliphatic heterocycles. The van der Waals surface area contributed by atoms with Crippen LogP contribution in [0.2, 0.25) is 0 Å². The monoisotopic (exact) mass is 518 g/mol. The molecule has 1 aromatic rings. The number of aryl methyl sites for hydroxylation is 1. The molecule has 200 valence electrons. The Hall–Kier alpha value is -2.68. The fourth-order valence-electron chi connectivity index (χ4n) is 3.39. The first kappa shape index (κ1) is 30.4. The van der Waals surface area contributed by atoms with E-state index in [1.54, 1.807) is 0 Å². The Labute approximate surface area is 197 Å². The highest BCUT2D eigenvalue weighted by Crippen LogP contribution is 2.42. The van der Waals surface area contributed by atoms with Crippen molar-refractivity contribution in [3.05, 3.63) is 18.0 Å². The molecular weight excluding hydrogens is 490 g/mol. The Morgan fingerprint density at radius 3 is 1.97 bits per heavy atom. The third-order valence-electron chi connectivity index (χ3n) is 5.31. The minimum Gasteiger partial charge on any atom is -0.475 e. The van der Waals surface area contributed by atoms with Crippen LogP contribution in [0.25, 0.3) is 0 Å². The number of ether oxygens (including phenoxy) is 1. The highest BCUT2D eigenvalue weighted by Gasteiger charge is 2.52. The quantitative estimate of drug-likeness (QED) is 0.504. The summed E-state index contributed by atoms with van der Waals surface area (Å²) in [5.74, 6) is -4.13. The van der Waals surface area contributed by atoms with E-state index in [-0.39, 0.29) is 5.60 Å². The Morgan fingerprint density at radius 1 is 1.11 bits per heavy atom. The molecule has 3 N–H and O–H groups in total. The van der Waals surface area contributed by atoms with Gasteiger partial charge in [-0.05, 0) is 45.1 Å². The van der Waals surface area contributed by atoms with E-state index in [2.05, 4.69) is 34.0 Å².